The predicted molar refractivity (Wildman–Crippen MR) is 103 cm³/mol. The lowest BCUT2D eigenvalue weighted by molar-refractivity contribution is -0.114. The molecule has 25 heavy (non-hydrogen) atoms. The van der Waals surface area contributed by atoms with Crippen LogP contribution >= 0.6 is 0 Å². The molecule has 0 aliphatic heterocycles. The summed E-state index contributed by atoms with van der Waals surface area (Å²) in [6.07, 6.45) is 0.992. The standard InChI is InChI=1S/C21H26N2O2/c1-14-11-19(10-9-17(14)13-21(3,4)5)23-20(25)16-7-6-8-18(12-16)22-15(2)24/h6-12H,13H2,1-5H3,(H,22,24)(H,23,25). The van der Waals surface area contributed by atoms with E-state index in [-0.39, 0.29) is 17.2 Å². The average molecular weight is 338 g/mol. The average Bonchev–Trinajstić information content (AvgIpc) is 2.48. The highest BCUT2D eigenvalue weighted by molar-refractivity contribution is 6.05. The van der Waals surface area contributed by atoms with E-state index < -0.39 is 0 Å². The molecular formula is C21H26N2O2. The molecule has 0 fully saturated rings. The van der Waals surface area contributed by atoms with E-state index in [2.05, 4.69) is 44.4 Å². The normalized spacial score (nSPS) is 11.1. The van der Waals surface area contributed by atoms with Gasteiger partial charge in [-0.15, -0.1) is 0 Å². The summed E-state index contributed by atoms with van der Waals surface area (Å²) in [5.41, 5.74) is 4.56. The fourth-order valence-corrected chi connectivity index (χ4v) is 2.69. The first kappa shape index (κ1) is 18.7. The van der Waals surface area contributed by atoms with Crippen molar-refractivity contribution in [3.05, 3.63) is 59.2 Å². The molecule has 2 aromatic carbocycles. The van der Waals surface area contributed by atoms with Gasteiger partial charge in [-0.25, -0.2) is 0 Å². The molecule has 2 rings (SSSR count). The summed E-state index contributed by atoms with van der Waals surface area (Å²) in [5, 5.41) is 5.60. The molecule has 0 heterocycles. The minimum atomic E-state index is -0.199. The molecule has 0 aliphatic rings. The predicted octanol–water partition coefficient (Wildman–Crippen LogP) is 4.79. The Bertz CT molecular complexity index is 789. The van der Waals surface area contributed by atoms with Gasteiger partial charge in [0, 0.05) is 23.9 Å². The van der Waals surface area contributed by atoms with Crippen molar-refractivity contribution in [1.29, 1.82) is 0 Å². The van der Waals surface area contributed by atoms with Gasteiger partial charge >= 0.3 is 0 Å². The Morgan fingerprint density at radius 2 is 1.64 bits per heavy atom. The van der Waals surface area contributed by atoms with Crippen molar-refractivity contribution >= 4 is 23.2 Å². The largest absolute Gasteiger partial charge is 0.326 e. The molecule has 4 nitrogen and oxygen atoms in total. The highest BCUT2D eigenvalue weighted by atomic mass is 16.2. The van der Waals surface area contributed by atoms with Crippen LogP contribution in [0.4, 0.5) is 11.4 Å². The Kier molecular flexibility index (Phi) is 5.62. The Morgan fingerprint density at radius 3 is 2.24 bits per heavy atom. The number of aryl methyl sites for hydroxylation is 1. The van der Waals surface area contributed by atoms with Gasteiger partial charge in [0.1, 0.15) is 0 Å². The number of carbonyl (C=O) groups is 2. The van der Waals surface area contributed by atoms with Crippen molar-refractivity contribution in [3.8, 4) is 0 Å². The first-order chi connectivity index (χ1) is 11.6. The molecule has 0 aliphatic carbocycles. The zero-order chi connectivity index (χ0) is 18.6. The van der Waals surface area contributed by atoms with E-state index in [9.17, 15) is 9.59 Å². The Balaban J connectivity index is 2.13. The Morgan fingerprint density at radius 1 is 0.960 bits per heavy atom. The van der Waals surface area contributed by atoms with E-state index in [0.29, 0.717) is 11.3 Å². The number of rotatable bonds is 4. The summed E-state index contributed by atoms with van der Waals surface area (Å²) in [7, 11) is 0. The number of anilines is 2. The summed E-state index contributed by atoms with van der Waals surface area (Å²) in [6, 6.07) is 12.9. The first-order valence-corrected chi connectivity index (χ1v) is 8.42. The number of nitrogens with one attached hydrogen (secondary N) is 2. The zero-order valence-corrected chi connectivity index (χ0v) is 15.6. The minimum Gasteiger partial charge on any atom is -0.326 e. The lowest BCUT2D eigenvalue weighted by atomic mass is 9.86. The van der Waals surface area contributed by atoms with Crippen molar-refractivity contribution in [2.45, 2.75) is 41.0 Å². The van der Waals surface area contributed by atoms with Crippen molar-refractivity contribution in [1.82, 2.24) is 0 Å². The van der Waals surface area contributed by atoms with Gasteiger partial charge in [-0.3, -0.25) is 9.59 Å². The maximum absolute atomic E-state index is 12.5. The Hall–Kier alpha value is -2.62. The molecule has 0 spiro atoms. The van der Waals surface area contributed by atoms with Crippen LogP contribution in [0.2, 0.25) is 0 Å². The van der Waals surface area contributed by atoms with E-state index in [1.54, 1.807) is 24.3 Å². The van der Waals surface area contributed by atoms with Crippen LogP contribution in [0, 0.1) is 12.3 Å². The summed E-state index contributed by atoms with van der Waals surface area (Å²) in [4.78, 5) is 23.6. The topological polar surface area (TPSA) is 58.2 Å². The molecule has 2 aromatic rings. The van der Waals surface area contributed by atoms with E-state index >= 15 is 0 Å². The molecule has 0 radical (unpaired) electrons. The third-order valence-electron chi connectivity index (χ3n) is 3.77. The van der Waals surface area contributed by atoms with Crippen molar-refractivity contribution in [3.63, 3.8) is 0 Å². The number of benzene rings is 2. The van der Waals surface area contributed by atoms with Gasteiger partial charge < -0.3 is 10.6 Å². The van der Waals surface area contributed by atoms with Crippen molar-refractivity contribution < 1.29 is 9.59 Å². The van der Waals surface area contributed by atoms with Crippen LogP contribution < -0.4 is 10.6 Å². The number of carbonyl (C=O) groups excluding carboxylic acids is 2. The monoisotopic (exact) mass is 338 g/mol. The molecule has 132 valence electrons. The van der Waals surface area contributed by atoms with Gasteiger partial charge in [-0.1, -0.05) is 32.9 Å². The zero-order valence-electron chi connectivity index (χ0n) is 15.6. The van der Waals surface area contributed by atoms with Crippen LogP contribution in [-0.4, -0.2) is 11.8 Å². The maximum Gasteiger partial charge on any atom is 0.255 e. The van der Waals surface area contributed by atoms with Crippen LogP contribution in [0.5, 0.6) is 0 Å². The lowest BCUT2D eigenvalue weighted by Gasteiger charge is -2.20. The van der Waals surface area contributed by atoms with Crippen LogP contribution in [-0.2, 0) is 11.2 Å². The molecule has 0 unspecified atom stereocenters. The van der Waals surface area contributed by atoms with E-state index in [0.717, 1.165) is 12.1 Å². The van der Waals surface area contributed by atoms with Crippen LogP contribution in [0.15, 0.2) is 42.5 Å². The van der Waals surface area contributed by atoms with Gasteiger partial charge in [0.25, 0.3) is 5.91 Å². The Labute approximate surface area is 149 Å². The van der Waals surface area contributed by atoms with Crippen molar-refractivity contribution in [2.24, 2.45) is 5.41 Å². The van der Waals surface area contributed by atoms with E-state index in [1.165, 1.54) is 18.1 Å². The highest BCUT2D eigenvalue weighted by Crippen LogP contribution is 2.25. The number of amides is 2. The minimum absolute atomic E-state index is 0.164. The highest BCUT2D eigenvalue weighted by Gasteiger charge is 2.14. The van der Waals surface area contributed by atoms with E-state index in [4.69, 9.17) is 0 Å². The lowest BCUT2D eigenvalue weighted by Crippen LogP contribution is -2.14. The molecule has 0 aromatic heterocycles. The third-order valence-corrected chi connectivity index (χ3v) is 3.77. The fraction of sp³-hybridized carbons (Fsp3) is 0.333. The van der Waals surface area contributed by atoms with E-state index in [1.807, 2.05) is 12.1 Å². The fourth-order valence-electron chi connectivity index (χ4n) is 2.69. The molecule has 0 saturated carbocycles. The molecule has 0 atom stereocenters. The molecule has 0 bridgehead atoms. The summed E-state index contributed by atoms with van der Waals surface area (Å²) >= 11 is 0. The number of hydrogen-bond donors (Lipinski definition) is 2. The van der Waals surface area contributed by atoms with Crippen LogP contribution in [0.1, 0.15) is 49.2 Å². The molecule has 4 heteroatoms. The second kappa shape index (κ2) is 7.51. The second-order valence-corrected chi connectivity index (χ2v) is 7.59. The SMILES string of the molecule is CC(=O)Nc1cccc(C(=O)Nc2ccc(CC(C)(C)C)c(C)c2)c1. The summed E-state index contributed by atoms with van der Waals surface area (Å²) in [6.45, 7) is 10.1. The number of hydrogen-bond acceptors (Lipinski definition) is 2. The van der Waals surface area contributed by atoms with Crippen LogP contribution in [0.25, 0.3) is 0 Å². The van der Waals surface area contributed by atoms with Crippen molar-refractivity contribution in [2.75, 3.05) is 10.6 Å². The maximum atomic E-state index is 12.5. The summed E-state index contributed by atoms with van der Waals surface area (Å²) < 4.78 is 0. The van der Waals surface area contributed by atoms with Gasteiger partial charge in [0.2, 0.25) is 5.91 Å². The quantitative estimate of drug-likeness (QED) is 0.842. The summed E-state index contributed by atoms with van der Waals surface area (Å²) in [5.74, 6) is -0.363. The van der Waals surface area contributed by atoms with Crippen LogP contribution in [0.3, 0.4) is 0 Å². The molecular weight excluding hydrogens is 312 g/mol. The third kappa shape index (κ3) is 5.75. The smallest absolute Gasteiger partial charge is 0.255 e. The molecule has 2 amide bonds. The van der Waals surface area contributed by atoms with Gasteiger partial charge in [-0.05, 0) is 60.2 Å². The first-order valence-electron chi connectivity index (χ1n) is 8.42. The van der Waals surface area contributed by atoms with Gasteiger partial charge in [-0.2, -0.15) is 0 Å². The van der Waals surface area contributed by atoms with Gasteiger partial charge in [0.15, 0.2) is 0 Å². The van der Waals surface area contributed by atoms with Gasteiger partial charge in [0.05, 0.1) is 0 Å². The molecule has 0 saturated heterocycles. The second-order valence-electron chi connectivity index (χ2n) is 7.59. The molecule has 2 N–H and O–H groups in total.